The maximum Gasteiger partial charge on any atom is 0.181 e. The zero-order valence-electron chi connectivity index (χ0n) is 23.9. The number of hydrogen-bond acceptors (Lipinski definition) is 7. The second-order valence-corrected chi connectivity index (χ2v) is 11.2. The van der Waals surface area contributed by atoms with Crippen molar-refractivity contribution in [2.24, 2.45) is 5.41 Å². The molecule has 1 aliphatic rings. The lowest BCUT2D eigenvalue weighted by Gasteiger charge is -2.38. The molecular formula is C31H40N6O2. The van der Waals surface area contributed by atoms with E-state index in [4.69, 9.17) is 14.5 Å². The number of nitrogens with zero attached hydrogens (tertiary/aromatic N) is 6. The molecule has 1 atom stereocenters. The summed E-state index contributed by atoms with van der Waals surface area (Å²) in [6.45, 7) is 12.9. The molecule has 4 aromatic rings. The van der Waals surface area contributed by atoms with Gasteiger partial charge in [-0.05, 0) is 76.4 Å². The van der Waals surface area contributed by atoms with E-state index in [1.807, 2.05) is 31.5 Å². The summed E-state index contributed by atoms with van der Waals surface area (Å²) in [7, 11) is 1.69. The standard InChI is InChI=1S/C31H40N6O2/c1-6-39-21-31(15-16-36(20-31)30(3,4)25-10-7-23(2)33-17-25)14-13-28-35-29-27(18-32-22-34-29)37(28)19-24-8-11-26(38-5)12-9-24/h7-12,17-18,22H,6,13-16,19-21H2,1-5H3. The van der Waals surface area contributed by atoms with E-state index < -0.39 is 0 Å². The van der Waals surface area contributed by atoms with Gasteiger partial charge in [0.1, 0.15) is 23.4 Å². The Kier molecular flexibility index (Phi) is 7.96. The van der Waals surface area contributed by atoms with E-state index in [1.165, 1.54) is 11.1 Å². The van der Waals surface area contributed by atoms with Crippen molar-refractivity contribution in [3.8, 4) is 5.75 Å². The quantitative estimate of drug-likeness (QED) is 0.265. The molecule has 0 bridgehead atoms. The number of imidazole rings is 1. The molecule has 1 fully saturated rings. The Balaban J connectivity index is 1.38. The number of methoxy groups -OCH3 is 1. The number of fused-ring (bicyclic) bond motifs is 1. The lowest BCUT2D eigenvalue weighted by Crippen LogP contribution is -2.42. The van der Waals surface area contributed by atoms with Crippen molar-refractivity contribution in [1.82, 2.24) is 29.4 Å². The van der Waals surface area contributed by atoms with Gasteiger partial charge in [-0.25, -0.2) is 15.0 Å². The van der Waals surface area contributed by atoms with Crippen LogP contribution in [0.15, 0.2) is 55.1 Å². The largest absolute Gasteiger partial charge is 0.497 e. The van der Waals surface area contributed by atoms with E-state index >= 15 is 0 Å². The van der Waals surface area contributed by atoms with Crippen molar-refractivity contribution in [3.63, 3.8) is 0 Å². The summed E-state index contributed by atoms with van der Waals surface area (Å²) >= 11 is 0. The first-order valence-electron chi connectivity index (χ1n) is 13.9. The number of ether oxygens (including phenoxy) is 2. The van der Waals surface area contributed by atoms with Gasteiger partial charge in [0.15, 0.2) is 5.65 Å². The maximum absolute atomic E-state index is 6.10. The van der Waals surface area contributed by atoms with Crippen LogP contribution in [0.4, 0.5) is 0 Å². The second kappa shape index (κ2) is 11.4. The van der Waals surface area contributed by atoms with Crippen LogP contribution in [0.3, 0.4) is 0 Å². The summed E-state index contributed by atoms with van der Waals surface area (Å²) in [5.74, 6) is 1.89. The summed E-state index contributed by atoms with van der Waals surface area (Å²) in [5, 5.41) is 0. The highest BCUT2D eigenvalue weighted by Gasteiger charge is 2.43. The zero-order chi connectivity index (χ0) is 27.5. The van der Waals surface area contributed by atoms with Crippen LogP contribution >= 0.6 is 0 Å². The molecule has 4 heterocycles. The van der Waals surface area contributed by atoms with E-state index in [2.05, 4.69) is 69.5 Å². The number of likely N-dealkylation sites (tertiary alicyclic amines) is 1. The van der Waals surface area contributed by atoms with Gasteiger partial charge in [0.25, 0.3) is 0 Å². The molecule has 3 aromatic heterocycles. The first-order chi connectivity index (χ1) is 18.8. The predicted octanol–water partition coefficient (Wildman–Crippen LogP) is 5.18. The van der Waals surface area contributed by atoms with Crippen molar-refractivity contribution >= 4 is 11.2 Å². The minimum Gasteiger partial charge on any atom is -0.497 e. The molecule has 5 rings (SSSR count). The Morgan fingerprint density at radius 1 is 1.05 bits per heavy atom. The highest BCUT2D eigenvalue weighted by molar-refractivity contribution is 5.70. The third kappa shape index (κ3) is 5.82. The maximum atomic E-state index is 6.10. The van der Waals surface area contributed by atoms with Gasteiger partial charge < -0.3 is 14.0 Å². The fourth-order valence-electron chi connectivity index (χ4n) is 5.71. The summed E-state index contributed by atoms with van der Waals surface area (Å²) in [6, 6.07) is 12.5. The number of pyridine rings is 1. The van der Waals surface area contributed by atoms with Gasteiger partial charge in [-0.3, -0.25) is 9.88 Å². The Morgan fingerprint density at radius 3 is 2.59 bits per heavy atom. The topological polar surface area (TPSA) is 78.2 Å². The third-order valence-electron chi connectivity index (χ3n) is 8.35. The number of benzene rings is 1. The van der Waals surface area contributed by atoms with Crippen LogP contribution in [-0.4, -0.2) is 62.8 Å². The van der Waals surface area contributed by atoms with Crippen molar-refractivity contribution in [1.29, 1.82) is 0 Å². The molecule has 1 aromatic carbocycles. The van der Waals surface area contributed by atoms with Crippen LogP contribution in [0.1, 0.15) is 56.3 Å². The second-order valence-electron chi connectivity index (χ2n) is 11.2. The molecule has 8 heteroatoms. The van der Waals surface area contributed by atoms with Crippen LogP contribution in [0.5, 0.6) is 5.75 Å². The van der Waals surface area contributed by atoms with Crippen molar-refractivity contribution in [2.45, 2.75) is 59.0 Å². The van der Waals surface area contributed by atoms with E-state index in [9.17, 15) is 0 Å². The number of rotatable bonds is 11. The van der Waals surface area contributed by atoms with Gasteiger partial charge in [0.2, 0.25) is 0 Å². The van der Waals surface area contributed by atoms with Crippen LogP contribution in [0, 0.1) is 12.3 Å². The molecule has 0 amide bonds. The minimum absolute atomic E-state index is 0.0557. The fourth-order valence-corrected chi connectivity index (χ4v) is 5.71. The molecule has 1 unspecified atom stereocenters. The van der Waals surface area contributed by atoms with Crippen molar-refractivity contribution in [3.05, 3.63) is 77.8 Å². The SMILES string of the molecule is CCOCC1(CCc2nc3ncncc3n2Cc2ccc(OC)cc2)CCN(C(C)(C)c2ccc(C)nc2)C1. The molecule has 0 saturated carbocycles. The first-order valence-corrected chi connectivity index (χ1v) is 13.9. The highest BCUT2D eigenvalue weighted by Crippen LogP contribution is 2.41. The Morgan fingerprint density at radius 2 is 1.87 bits per heavy atom. The van der Waals surface area contributed by atoms with Crippen LogP contribution in [0.25, 0.3) is 11.2 Å². The molecule has 0 spiro atoms. The summed E-state index contributed by atoms with van der Waals surface area (Å²) in [4.78, 5) is 20.9. The normalized spacial score (nSPS) is 18.2. The van der Waals surface area contributed by atoms with E-state index in [-0.39, 0.29) is 11.0 Å². The lowest BCUT2D eigenvalue weighted by atomic mass is 9.82. The molecule has 1 aliphatic heterocycles. The fraction of sp³-hybridized carbons (Fsp3) is 0.484. The molecule has 206 valence electrons. The lowest BCUT2D eigenvalue weighted by molar-refractivity contribution is 0.0381. The van der Waals surface area contributed by atoms with Crippen molar-refractivity contribution in [2.75, 3.05) is 33.4 Å². The van der Waals surface area contributed by atoms with Gasteiger partial charge in [-0.15, -0.1) is 0 Å². The molecule has 39 heavy (non-hydrogen) atoms. The van der Waals surface area contributed by atoms with Gasteiger partial charge in [-0.2, -0.15) is 0 Å². The molecule has 0 radical (unpaired) electrons. The third-order valence-corrected chi connectivity index (χ3v) is 8.35. The molecular weight excluding hydrogens is 488 g/mol. The summed E-state index contributed by atoms with van der Waals surface area (Å²) in [5.41, 5.74) is 5.14. The average molecular weight is 529 g/mol. The number of aryl methyl sites for hydroxylation is 2. The molecule has 0 N–H and O–H groups in total. The Hall–Kier alpha value is -3.36. The smallest absolute Gasteiger partial charge is 0.181 e. The van der Waals surface area contributed by atoms with Crippen LogP contribution < -0.4 is 4.74 Å². The van der Waals surface area contributed by atoms with E-state index in [0.29, 0.717) is 6.54 Å². The van der Waals surface area contributed by atoms with E-state index in [0.717, 1.165) is 74.0 Å². The Labute approximate surface area is 231 Å². The zero-order valence-corrected chi connectivity index (χ0v) is 23.9. The van der Waals surface area contributed by atoms with Crippen molar-refractivity contribution < 1.29 is 9.47 Å². The van der Waals surface area contributed by atoms with Gasteiger partial charge in [0, 0.05) is 49.0 Å². The van der Waals surface area contributed by atoms with Crippen LogP contribution in [0.2, 0.25) is 0 Å². The number of aromatic nitrogens is 5. The van der Waals surface area contributed by atoms with Gasteiger partial charge in [-0.1, -0.05) is 18.2 Å². The first kappa shape index (κ1) is 27.2. The van der Waals surface area contributed by atoms with Gasteiger partial charge in [0.05, 0.1) is 19.9 Å². The van der Waals surface area contributed by atoms with E-state index in [1.54, 1.807) is 13.4 Å². The average Bonchev–Trinajstić information content (AvgIpc) is 3.54. The highest BCUT2D eigenvalue weighted by atomic mass is 16.5. The summed E-state index contributed by atoms with van der Waals surface area (Å²) in [6.07, 6.45) is 8.40. The van der Waals surface area contributed by atoms with Gasteiger partial charge >= 0.3 is 0 Å². The molecule has 8 nitrogen and oxygen atoms in total. The molecule has 0 aliphatic carbocycles. The molecule has 1 saturated heterocycles. The summed E-state index contributed by atoms with van der Waals surface area (Å²) < 4.78 is 13.7. The monoisotopic (exact) mass is 528 g/mol. The Bertz CT molecular complexity index is 1380. The minimum atomic E-state index is -0.105. The number of hydrogen-bond donors (Lipinski definition) is 0. The van der Waals surface area contributed by atoms with Crippen LogP contribution in [-0.2, 0) is 23.2 Å². The predicted molar refractivity (Wildman–Crippen MR) is 153 cm³/mol.